The van der Waals surface area contributed by atoms with Crippen LogP contribution >= 0.6 is 15.9 Å². The number of aliphatic hydroxyl groups excluding tert-OH is 1. The average Bonchev–Trinajstić information content (AvgIpc) is 3.15. The third kappa shape index (κ3) is 3.80. The summed E-state index contributed by atoms with van der Waals surface area (Å²) in [6.07, 6.45) is 2.64. The second-order valence-corrected chi connectivity index (χ2v) is 5.98. The summed E-state index contributed by atoms with van der Waals surface area (Å²) in [6, 6.07) is 9.02. The van der Waals surface area contributed by atoms with Crippen LogP contribution in [-0.4, -0.2) is 18.3 Å². The molecule has 2 nitrogen and oxygen atoms in total. The fraction of sp³-hybridized carbons (Fsp3) is 0.571. The molecule has 2 N–H and O–H groups in total. The highest BCUT2D eigenvalue weighted by atomic mass is 79.9. The molecule has 2 unspecified atom stereocenters. The summed E-state index contributed by atoms with van der Waals surface area (Å²) in [5.41, 5.74) is 1.36. The third-order valence-electron chi connectivity index (χ3n) is 3.32. The maximum absolute atomic E-state index is 9.06. The first-order valence-corrected chi connectivity index (χ1v) is 7.09. The summed E-state index contributed by atoms with van der Waals surface area (Å²) in [7, 11) is 0. The van der Waals surface area contributed by atoms with Crippen molar-refractivity contribution in [3.8, 4) is 0 Å². The number of benzene rings is 1. The summed E-state index contributed by atoms with van der Waals surface area (Å²) in [6.45, 7) is 3.21. The van der Waals surface area contributed by atoms with E-state index in [1.807, 2.05) is 0 Å². The maximum Gasteiger partial charge on any atom is 0.0468 e. The molecule has 1 aromatic rings. The predicted molar refractivity (Wildman–Crippen MR) is 73.9 cm³/mol. The Hall–Kier alpha value is -0.380. The first kappa shape index (κ1) is 13.1. The van der Waals surface area contributed by atoms with Gasteiger partial charge in [0, 0.05) is 23.7 Å². The summed E-state index contributed by atoms with van der Waals surface area (Å²) < 4.78 is 1.12. The van der Waals surface area contributed by atoms with Crippen LogP contribution in [0.4, 0.5) is 0 Å². The number of nitrogens with one attached hydrogen (secondary N) is 1. The summed E-state index contributed by atoms with van der Waals surface area (Å²) in [5, 5.41) is 12.7. The van der Waals surface area contributed by atoms with E-state index in [-0.39, 0.29) is 6.61 Å². The highest BCUT2D eigenvalue weighted by Crippen LogP contribution is 2.41. The normalized spacial score (nSPS) is 19.0. The Labute approximate surface area is 112 Å². The molecule has 1 aliphatic rings. The van der Waals surface area contributed by atoms with E-state index in [2.05, 4.69) is 52.4 Å². The SMILES string of the molecule is CC(CO)CNC(c1ccc(Br)cc1)C1CC1. The molecular weight excluding hydrogens is 278 g/mol. The second kappa shape index (κ2) is 5.98. The zero-order valence-corrected chi connectivity index (χ0v) is 11.8. The van der Waals surface area contributed by atoms with Gasteiger partial charge in [0.25, 0.3) is 0 Å². The molecule has 0 radical (unpaired) electrons. The van der Waals surface area contributed by atoms with Gasteiger partial charge in [0.05, 0.1) is 0 Å². The number of aliphatic hydroxyl groups is 1. The van der Waals surface area contributed by atoms with Crippen LogP contribution < -0.4 is 5.32 Å². The average molecular weight is 298 g/mol. The van der Waals surface area contributed by atoms with Crippen molar-refractivity contribution < 1.29 is 5.11 Å². The Bertz CT molecular complexity index is 348. The van der Waals surface area contributed by atoms with Crippen LogP contribution in [0.15, 0.2) is 28.7 Å². The quantitative estimate of drug-likeness (QED) is 0.846. The van der Waals surface area contributed by atoms with Crippen LogP contribution in [0.1, 0.15) is 31.4 Å². The molecule has 3 heteroatoms. The Morgan fingerprint density at radius 1 is 1.35 bits per heavy atom. The van der Waals surface area contributed by atoms with Crippen molar-refractivity contribution in [3.05, 3.63) is 34.3 Å². The minimum atomic E-state index is 0.255. The molecule has 0 aliphatic heterocycles. The van der Waals surface area contributed by atoms with Crippen molar-refractivity contribution in [2.24, 2.45) is 11.8 Å². The van der Waals surface area contributed by atoms with Crippen LogP contribution in [0.2, 0.25) is 0 Å². The van der Waals surface area contributed by atoms with E-state index in [1.165, 1.54) is 18.4 Å². The number of rotatable bonds is 6. The van der Waals surface area contributed by atoms with Gasteiger partial charge in [-0.15, -0.1) is 0 Å². The molecular formula is C14H20BrNO. The third-order valence-corrected chi connectivity index (χ3v) is 3.85. The molecule has 2 rings (SSSR count). The van der Waals surface area contributed by atoms with Gasteiger partial charge < -0.3 is 10.4 Å². The highest BCUT2D eigenvalue weighted by Gasteiger charge is 2.31. The summed E-state index contributed by atoms with van der Waals surface area (Å²) in [4.78, 5) is 0. The molecule has 0 aromatic heterocycles. The Balaban J connectivity index is 1.99. The lowest BCUT2D eigenvalue weighted by Crippen LogP contribution is -2.29. The molecule has 0 saturated heterocycles. The molecule has 17 heavy (non-hydrogen) atoms. The van der Waals surface area contributed by atoms with Gasteiger partial charge in [-0.25, -0.2) is 0 Å². The van der Waals surface area contributed by atoms with Crippen LogP contribution in [0.3, 0.4) is 0 Å². The van der Waals surface area contributed by atoms with E-state index in [1.54, 1.807) is 0 Å². The van der Waals surface area contributed by atoms with E-state index in [0.717, 1.165) is 16.9 Å². The molecule has 0 amide bonds. The van der Waals surface area contributed by atoms with Crippen molar-refractivity contribution in [1.29, 1.82) is 0 Å². The maximum atomic E-state index is 9.06. The van der Waals surface area contributed by atoms with Crippen LogP contribution in [0, 0.1) is 11.8 Å². The van der Waals surface area contributed by atoms with Gasteiger partial charge in [0.15, 0.2) is 0 Å². The minimum absolute atomic E-state index is 0.255. The number of halogens is 1. The van der Waals surface area contributed by atoms with Gasteiger partial charge in [-0.3, -0.25) is 0 Å². The van der Waals surface area contributed by atoms with Crippen molar-refractivity contribution in [2.75, 3.05) is 13.2 Å². The molecule has 0 spiro atoms. The fourth-order valence-electron chi connectivity index (χ4n) is 2.05. The molecule has 0 bridgehead atoms. The molecule has 1 saturated carbocycles. The van der Waals surface area contributed by atoms with Gasteiger partial charge in [-0.1, -0.05) is 35.0 Å². The van der Waals surface area contributed by atoms with Crippen LogP contribution in [0.5, 0.6) is 0 Å². The lowest BCUT2D eigenvalue weighted by atomic mass is 10.0. The molecule has 0 heterocycles. The molecule has 1 aromatic carbocycles. The lowest BCUT2D eigenvalue weighted by Gasteiger charge is -2.21. The van der Waals surface area contributed by atoms with Gasteiger partial charge in [0.2, 0.25) is 0 Å². The van der Waals surface area contributed by atoms with Gasteiger partial charge in [-0.2, -0.15) is 0 Å². The zero-order chi connectivity index (χ0) is 12.3. The Morgan fingerprint density at radius 3 is 2.53 bits per heavy atom. The van der Waals surface area contributed by atoms with Crippen molar-refractivity contribution in [2.45, 2.75) is 25.8 Å². The van der Waals surface area contributed by atoms with E-state index >= 15 is 0 Å². The van der Waals surface area contributed by atoms with Gasteiger partial charge >= 0.3 is 0 Å². The van der Waals surface area contributed by atoms with E-state index in [4.69, 9.17) is 5.11 Å². The van der Waals surface area contributed by atoms with E-state index < -0.39 is 0 Å². The highest BCUT2D eigenvalue weighted by molar-refractivity contribution is 9.10. The zero-order valence-electron chi connectivity index (χ0n) is 10.2. The lowest BCUT2D eigenvalue weighted by molar-refractivity contribution is 0.228. The summed E-state index contributed by atoms with van der Waals surface area (Å²) in [5.74, 6) is 1.11. The number of hydrogen-bond acceptors (Lipinski definition) is 2. The molecule has 94 valence electrons. The second-order valence-electron chi connectivity index (χ2n) is 5.06. The molecule has 2 atom stereocenters. The first-order chi connectivity index (χ1) is 8.20. The first-order valence-electron chi connectivity index (χ1n) is 6.30. The van der Waals surface area contributed by atoms with E-state index in [0.29, 0.717) is 12.0 Å². The summed E-state index contributed by atoms with van der Waals surface area (Å²) >= 11 is 3.47. The topological polar surface area (TPSA) is 32.3 Å². The van der Waals surface area contributed by atoms with Crippen LogP contribution in [-0.2, 0) is 0 Å². The molecule has 1 fully saturated rings. The Morgan fingerprint density at radius 2 is 2.00 bits per heavy atom. The standard InChI is InChI=1S/C14H20BrNO/c1-10(9-17)8-16-14(11-2-3-11)12-4-6-13(15)7-5-12/h4-7,10-11,14,16-17H,2-3,8-9H2,1H3. The minimum Gasteiger partial charge on any atom is -0.396 e. The van der Waals surface area contributed by atoms with Crippen molar-refractivity contribution in [1.82, 2.24) is 5.32 Å². The Kier molecular flexibility index (Phi) is 4.60. The number of hydrogen-bond donors (Lipinski definition) is 2. The predicted octanol–water partition coefficient (Wildman–Crippen LogP) is 3.12. The largest absolute Gasteiger partial charge is 0.396 e. The van der Waals surface area contributed by atoms with Gasteiger partial charge in [0.1, 0.15) is 0 Å². The van der Waals surface area contributed by atoms with Crippen LogP contribution in [0.25, 0.3) is 0 Å². The monoisotopic (exact) mass is 297 g/mol. The van der Waals surface area contributed by atoms with Crippen molar-refractivity contribution >= 4 is 15.9 Å². The molecule has 1 aliphatic carbocycles. The fourth-order valence-corrected chi connectivity index (χ4v) is 2.31. The van der Waals surface area contributed by atoms with Gasteiger partial charge in [-0.05, 0) is 42.4 Å². The van der Waals surface area contributed by atoms with Crippen molar-refractivity contribution in [3.63, 3.8) is 0 Å². The smallest absolute Gasteiger partial charge is 0.0468 e. The van der Waals surface area contributed by atoms with E-state index in [9.17, 15) is 0 Å².